The molecule has 0 aromatic heterocycles. The molecule has 2 amide bonds. The number of ether oxygens (including phenoxy) is 2. The first-order chi connectivity index (χ1) is 16.7. The highest BCUT2D eigenvalue weighted by molar-refractivity contribution is 6.23. The number of hydrogen-bond donors (Lipinski definition) is 0. The average molecular weight is 483 g/mol. The maximum atomic E-state index is 12.5. The summed E-state index contributed by atoms with van der Waals surface area (Å²) in [7, 11) is 1.38. The number of carbonyl (C=O) groups is 3. The topological polar surface area (TPSA) is 159 Å². The summed E-state index contributed by atoms with van der Waals surface area (Å²) in [6.07, 6.45) is 3.47. The fourth-order valence-electron chi connectivity index (χ4n) is 3.58. The largest absolute Gasteiger partial charge is 0.493 e. The number of rotatable bonds is 11. The van der Waals surface area contributed by atoms with E-state index in [2.05, 4.69) is 0 Å². The molecule has 0 saturated carbocycles. The van der Waals surface area contributed by atoms with E-state index in [-0.39, 0.29) is 35.6 Å². The second-order valence-corrected chi connectivity index (χ2v) is 7.51. The zero-order valence-corrected chi connectivity index (χ0v) is 18.7. The minimum atomic E-state index is -0.694. The summed E-state index contributed by atoms with van der Waals surface area (Å²) in [6, 6.07) is 8.44. The molecule has 0 fully saturated rings. The molecule has 1 heterocycles. The second kappa shape index (κ2) is 11.0. The molecule has 0 unspecified atom stereocenters. The standard InChI is InChI=1S/C23H21N3O9/c1-34-19-14-15(11-13-25(30)31)9-10-18(19)35-20(27)8-3-2-4-12-24-22(28)16-6-5-7-17(26(32)33)21(16)23(24)29/h5-7,9-11,13-14H,2-4,8,12H2,1H3/b13-11+. The van der Waals surface area contributed by atoms with Crippen LogP contribution in [0.5, 0.6) is 11.5 Å². The summed E-state index contributed by atoms with van der Waals surface area (Å²) in [5, 5.41) is 21.6. The van der Waals surface area contributed by atoms with Crippen molar-refractivity contribution in [3.63, 3.8) is 0 Å². The van der Waals surface area contributed by atoms with Gasteiger partial charge in [0.05, 0.1) is 22.5 Å². The zero-order valence-electron chi connectivity index (χ0n) is 18.7. The number of carbonyl (C=O) groups excluding carboxylic acids is 3. The van der Waals surface area contributed by atoms with Gasteiger partial charge in [-0.15, -0.1) is 0 Å². The Hall–Kier alpha value is -4.61. The lowest BCUT2D eigenvalue weighted by atomic mass is 10.1. The van der Waals surface area contributed by atoms with Gasteiger partial charge in [0, 0.05) is 25.1 Å². The van der Waals surface area contributed by atoms with Crippen LogP contribution in [0.4, 0.5) is 5.69 Å². The minimum absolute atomic E-state index is 0.0154. The maximum absolute atomic E-state index is 12.5. The van der Waals surface area contributed by atoms with Crippen molar-refractivity contribution >= 4 is 29.5 Å². The van der Waals surface area contributed by atoms with Crippen LogP contribution in [0.2, 0.25) is 0 Å². The molecule has 0 atom stereocenters. The second-order valence-electron chi connectivity index (χ2n) is 7.51. The third-order valence-electron chi connectivity index (χ3n) is 5.24. The van der Waals surface area contributed by atoms with Crippen molar-refractivity contribution in [2.75, 3.05) is 13.7 Å². The van der Waals surface area contributed by atoms with Crippen molar-refractivity contribution in [3.05, 3.63) is 79.5 Å². The normalized spacial score (nSPS) is 12.7. The highest BCUT2D eigenvalue weighted by Crippen LogP contribution is 2.31. The van der Waals surface area contributed by atoms with Gasteiger partial charge >= 0.3 is 5.97 Å². The summed E-state index contributed by atoms with van der Waals surface area (Å²) in [4.78, 5) is 58.5. The summed E-state index contributed by atoms with van der Waals surface area (Å²) < 4.78 is 10.5. The van der Waals surface area contributed by atoms with Crippen molar-refractivity contribution in [1.82, 2.24) is 4.90 Å². The molecule has 1 aliphatic heterocycles. The fraction of sp³-hybridized carbons (Fsp3) is 0.261. The Labute approximate surface area is 199 Å². The number of nitro groups is 2. The smallest absolute Gasteiger partial charge is 0.311 e. The van der Waals surface area contributed by atoms with Crippen LogP contribution in [0.1, 0.15) is 52.0 Å². The van der Waals surface area contributed by atoms with Gasteiger partial charge < -0.3 is 9.47 Å². The summed E-state index contributed by atoms with van der Waals surface area (Å²) in [6.45, 7) is 0.0749. The van der Waals surface area contributed by atoms with Gasteiger partial charge in [-0.3, -0.25) is 39.5 Å². The number of esters is 1. The van der Waals surface area contributed by atoms with Crippen LogP contribution in [0.15, 0.2) is 42.6 Å². The van der Waals surface area contributed by atoms with E-state index in [4.69, 9.17) is 9.47 Å². The lowest BCUT2D eigenvalue weighted by molar-refractivity contribution is -0.400. The minimum Gasteiger partial charge on any atom is -0.493 e. The SMILES string of the molecule is COc1cc(/C=C/[N+](=O)[O-])ccc1OC(=O)CCCCCN1C(=O)c2cccc([N+](=O)[O-])c2C1=O. The van der Waals surface area contributed by atoms with Crippen LogP contribution in [0, 0.1) is 20.2 Å². The number of imide groups is 1. The quantitative estimate of drug-likeness (QED) is 0.116. The molecule has 0 N–H and O–H groups in total. The first kappa shape index (κ1) is 25.0. The highest BCUT2D eigenvalue weighted by atomic mass is 16.6. The third kappa shape index (κ3) is 5.85. The van der Waals surface area contributed by atoms with Gasteiger partial charge in [0.15, 0.2) is 11.5 Å². The maximum Gasteiger partial charge on any atom is 0.311 e. The predicted molar refractivity (Wildman–Crippen MR) is 122 cm³/mol. The molecule has 2 aromatic rings. The van der Waals surface area contributed by atoms with Gasteiger partial charge in [0.2, 0.25) is 6.20 Å². The number of nitrogens with zero attached hydrogens (tertiary/aromatic N) is 3. The van der Waals surface area contributed by atoms with E-state index in [1.165, 1.54) is 49.6 Å². The van der Waals surface area contributed by atoms with E-state index in [1.54, 1.807) is 0 Å². The van der Waals surface area contributed by atoms with E-state index < -0.39 is 33.3 Å². The van der Waals surface area contributed by atoms with E-state index in [0.717, 1.165) is 11.1 Å². The number of hydrogen-bond acceptors (Lipinski definition) is 9. The summed E-state index contributed by atoms with van der Waals surface area (Å²) in [5.74, 6) is -1.38. The Balaban J connectivity index is 1.48. The zero-order chi connectivity index (χ0) is 25.5. The molecule has 3 rings (SSSR count). The van der Waals surface area contributed by atoms with E-state index >= 15 is 0 Å². The predicted octanol–water partition coefficient (Wildman–Crippen LogP) is 3.61. The van der Waals surface area contributed by atoms with Gasteiger partial charge in [-0.2, -0.15) is 0 Å². The van der Waals surface area contributed by atoms with Crippen LogP contribution >= 0.6 is 0 Å². The summed E-state index contributed by atoms with van der Waals surface area (Å²) in [5.41, 5.74) is -0.0817. The molecule has 0 aliphatic carbocycles. The summed E-state index contributed by atoms with van der Waals surface area (Å²) >= 11 is 0. The molecule has 0 spiro atoms. The third-order valence-corrected chi connectivity index (χ3v) is 5.24. The van der Waals surface area contributed by atoms with Crippen molar-refractivity contribution in [1.29, 1.82) is 0 Å². The lowest BCUT2D eigenvalue weighted by Crippen LogP contribution is -2.30. The number of amides is 2. The molecule has 182 valence electrons. The van der Waals surface area contributed by atoms with Crippen molar-refractivity contribution < 1.29 is 33.7 Å². The molecule has 12 nitrogen and oxygen atoms in total. The van der Waals surface area contributed by atoms with Crippen LogP contribution in [0.3, 0.4) is 0 Å². The molecular weight excluding hydrogens is 462 g/mol. The van der Waals surface area contributed by atoms with Crippen LogP contribution in [0.25, 0.3) is 6.08 Å². The Kier molecular flexibility index (Phi) is 7.87. The van der Waals surface area contributed by atoms with E-state index in [0.29, 0.717) is 24.8 Å². The molecule has 0 radical (unpaired) electrons. The Morgan fingerprint density at radius 1 is 1.03 bits per heavy atom. The van der Waals surface area contributed by atoms with Gasteiger partial charge in [-0.1, -0.05) is 18.6 Å². The average Bonchev–Trinajstić information content (AvgIpc) is 3.07. The van der Waals surface area contributed by atoms with Gasteiger partial charge in [0.25, 0.3) is 17.5 Å². The highest BCUT2D eigenvalue weighted by Gasteiger charge is 2.40. The van der Waals surface area contributed by atoms with Crippen molar-refractivity contribution in [2.45, 2.75) is 25.7 Å². The molecule has 0 saturated heterocycles. The number of benzene rings is 2. The molecule has 12 heteroatoms. The van der Waals surface area contributed by atoms with Crippen LogP contribution in [-0.2, 0) is 4.79 Å². The number of fused-ring (bicyclic) bond motifs is 1. The Bertz CT molecular complexity index is 1220. The first-order valence-corrected chi connectivity index (χ1v) is 10.6. The molecule has 35 heavy (non-hydrogen) atoms. The van der Waals surface area contributed by atoms with Crippen molar-refractivity contribution in [3.8, 4) is 11.5 Å². The number of unbranched alkanes of at least 4 members (excludes halogenated alkanes) is 2. The van der Waals surface area contributed by atoms with Gasteiger partial charge in [0.1, 0.15) is 5.56 Å². The molecule has 2 aromatic carbocycles. The Morgan fingerprint density at radius 2 is 1.80 bits per heavy atom. The number of nitro benzene ring substituents is 1. The van der Waals surface area contributed by atoms with Crippen molar-refractivity contribution in [2.24, 2.45) is 0 Å². The fourth-order valence-corrected chi connectivity index (χ4v) is 3.58. The van der Waals surface area contributed by atoms with Gasteiger partial charge in [-0.25, -0.2) is 0 Å². The van der Waals surface area contributed by atoms with E-state index in [1.807, 2.05) is 0 Å². The lowest BCUT2D eigenvalue weighted by Gasteiger charge is -2.13. The molecule has 0 bridgehead atoms. The van der Waals surface area contributed by atoms with Gasteiger partial charge in [-0.05, 0) is 36.6 Å². The number of methoxy groups -OCH3 is 1. The van der Waals surface area contributed by atoms with Crippen LogP contribution in [-0.4, -0.2) is 46.2 Å². The van der Waals surface area contributed by atoms with E-state index in [9.17, 15) is 34.6 Å². The monoisotopic (exact) mass is 483 g/mol. The molecular formula is C23H21N3O9. The van der Waals surface area contributed by atoms with Crippen LogP contribution < -0.4 is 9.47 Å². The molecule has 1 aliphatic rings. The first-order valence-electron chi connectivity index (χ1n) is 10.6. The Morgan fingerprint density at radius 3 is 2.49 bits per heavy atom.